The number of benzene rings is 1. The molecule has 5 rings (SSSR count). The summed E-state index contributed by atoms with van der Waals surface area (Å²) in [5.41, 5.74) is 2.17. The van der Waals surface area contributed by atoms with Gasteiger partial charge in [-0.25, -0.2) is 0 Å². The molecule has 1 saturated carbocycles. The van der Waals surface area contributed by atoms with Crippen molar-refractivity contribution in [2.75, 3.05) is 6.54 Å². The Morgan fingerprint density at radius 3 is 2.61 bits per heavy atom. The minimum atomic E-state index is -0.994. The van der Waals surface area contributed by atoms with Crippen LogP contribution in [0.3, 0.4) is 0 Å². The Balaban J connectivity index is 1.45. The van der Waals surface area contributed by atoms with Gasteiger partial charge in [-0.15, -0.1) is 0 Å². The molecule has 1 atom stereocenters. The van der Waals surface area contributed by atoms with Crippen molar-refractivity contribution >= 4 is 34.5 Å². The third-order valence-electron chi connectivity index (χ3n) is 7.27. The topological polar surface area (TPSA) is 67.5 Å². The maximum Gasteiger partial charge on any atom is 0.271 e. The molecule has 0 bridgehead atoms. The summed E-state index contributed by atoms with van der Waals surface area (Å²) in [5.74, 6) is -0.213. The number of hydrogen-bond donors (Lipinski definition) is 1. The van der Waals surface area contributed by atoms with Crippen molar-refractivity contribution in [2.24, 2.45) is 0 Å². The SMILES string of the molecule is C[C@@]1(C(=O)NC2CCCCCC2)Cn2c(cc3occc32)C(=O)N1CCc1ccc(Cl)cc1. The summed E-state index contributed by atoms with van der Waals surface area (Å²) in [4.78, 5) is 29.2. The van der Waals surface area contributed by atoms with Gasteiger partial charge in [-0.1, -0.05) is 49.4 Å². The summed E-state index contributed by atoms with van der Waals surface area (Å²) in [6.45, 7) is 2.74. The van der Waals surface area contributed by atoms with Crippen LogP contribution in [0.1, 0.15) is 61.5 Å². The van der Waals surface area contributed by atoms with Gasteiger partial charge in [0.25, 0.3) is 5.91 Å². The van der Waals surface area contributed by atoms with Crippen molar-refractivity contribution in [3.63, 3.8) is 0 Å². The van der Waals surface area contributed by atoms with Gasteiger partial charge < -0.3 is 19.2 Å². The Bertz CT molecular complexity index is 1160. The summed E-state index contributed by atoms with van der Waals surface area (Å²) < 4.78 is 7.49. The van der Waals surface area contributed by atoms with Crippen LogP contribution in [0, 0.1) is 0 Å². The summed E-state index contributed by atoms with van der Waals surface area (Å²) >= 11 is 6.03. The lowest BCUT2D eigenvalue weighted by atomic mass is 9.93. The van der Waals surface area contributed by atoms with E-state index in [-0.39, 0.29) is 17.9 Å². The van der Waals surface area contributed by atoms with Crippen LogP contribution >= 0.6 is 11.6 Å². The number of fused-ring (bicyclic) bond motifs is 3. The number of nitrogens with one attached hydrogen (secondary N) is 1. The Morgan fingerprint density at radius 1 is 1.15 bits per heavy atom. The molecule has 33 heavy (non-hydrogen) atoms. The number of rotatable bonds is 5. The number of aromatic nitrogens is 1. The lowest BCUT2D eigenvalue weighted by Crippen LogP contribution is -2.65. The van der Waals surface area contributed by atoms with Crippen LogP contribution in [0.5, 0.6) is 0 Å². The predicted octanol–water partition coefficient (Wildman–Crippen LogP) is 5.18. The van der Waals surface area contributed by atoms with Gasteiger partial charge in [0.05, 0.1) is 18.3 Å². The molecule has 0 unspecified atom stereocenters. The van der Waals surface area contributed by atoms with Crippen molar-refractivity contribution in [3.8, 4) is 0 Å². The third-order valence-corrected chi connectivity index (χ3v) is 7.52. The van der Waals surface area contributed by atoms with E-state index in [1.807, 2.05) is 41.8 Å². The van der Waals surface area contributed by atoms with Crippen molar-refractivity contribution in [1.82, 2.24) is 14.8 Å². The Labute approximate surface area is 198 Å². The lowest BCUT2D eigenvalue weighted by Gasteiger charge is -2.44. The van der Waals surface area contributed by atoms with Crippen LogP contribution in [-0.2, 0) is 17.8 Å². The highest BCUT2D eigenvalue weighted by molar-refractivity contribution is 6.30. The van der Waals surface area contributed by atoms with Crippen LogP contribution in [0.2, 0.25) is 5.02 Å². The zero-order valence-corrected chi connectivity index (χ0v) is 19.7. The molecular formula is C26H30ClN3O3. The van der Waals surface area contributed by atoms with Gasteiger partial charge in [-0.05, 0) is 43.9 Å². The van der Waals surface area contributed by atoms with Crippen LogP contribution in [0.4, 0.5) is 0 Å². The minimum absolute atomic E-state index is 0.0742. The predicted molar refractivity (Wildman–Crippen MR) is 128 cm³/mol. The number of halogens is 1. The van der Waals surface area contributed by atoms with Gasteiger partial charge in [0, 0.05) is 29.7 Å². The van der Waals surface area contributed by atoms with Gasteiger partial charge in [-0.2, -0.15) is 0 Å². The van der Waals surface area contributed by atoms with E-state index in [1.165, 1.54) is 12.8 Å². The minimum Gasteiger partial charge on any atom is -0.463 e. The molecule has 174 valence electrons. The molecule has 1 N–H and O–H groups in total. The zero-order valence-electron chi connectivity index (χ0n) is 19.0. The summed E-state index contributed by atoms with van der Waals surface area (Å²) in [6.07, 6.45) is 8.99. The number of carbonyl (C=O) groups excluding carboxylic acids is 2. The van der Waals surface area contributed by atoms with E-state index in [2.05, 4.69) is 5.32 Å². The Morgan fingerprint density at radius 2 is 1.88 bits per heavy atom. The summed E-state index contributed by atoms with van der Waals surface area (Å²) in [7, 11) is 0. The summed E-state index contributed by atoms with van der Waals surface area (Å²) in [5, 5.41) is 3.98. The lowest BCUT2D eigenvalue weighted by molar-refractivity contribution is -0.133. The molecule has 0 spiro atoms. The molecule has 1 aromatic carbocycles. The number of nitrogens with zero attached hydrogens (tertiary/aromatic N) is 2. The first kappa shape index (κ1) is 22.1. The number of hydrogen-bond acceptors (Lipinski definition) is 3. The fourth-order valence-electron chi connectivity index (χ4n) is 5.28. The van der Waals surface area contributed by atoms with Crippen LogP contribution in [-0.4, -0.2) is 39.4 Å². The molecular weight excluding hydrogens is 438 g/mol. The first-order valence-corrected chi connectivity index (χ1v) is 12.3. The van der Waals surface area contributed by atoms with Crippen LogP contribution < -0.4 is 5.32 Å². The third kappa shape index (κ3) is 4.17. The molecule has 6 nitrogen and oxygen atoms in total. The van der Waals surface area contributed by atoms with E-state index in [4.69, 9.17) is 16.0 Å². The van der Waals surface area contributed by atoms with E-state index in [1.54, 1.807) is 17.2 Å². The second-order valence-corrected chi connectivity index (χ2v) is 9.99. The highest BCUT2D eigenvalue weighted by Crippen LogP contribution is 2.33. The van der Waals surface area contributed by atoms with Crippen LogP contribution in [0.15, 0.2) is 47.1 Å². The number of furan rings is 1. The number of carbonyl (C=O) groups is 2. The molecule has 1 fully saturated rings. The molecule has 1 aliphatic heterocycles. The van der Waals surface area contributed by atoms with Gasteiger partial charge >= 0.3 is 0 Å². The zero-order chi connectivity index (χ0) is 23.0. The quantitative estimate of drug-likeness (QED) is 0.525. The number of amides is 2. The monoisotopic (exact) mass is 467 g/mol. The fourth-order valence-corrected chi connectivity index (χ4v) is 5.41. The Hall–Kier alpha value is -2.73. The molecule has 0 saturated heterocycles. The highest BCUT2D eigenvalue weighted by atomic mass is 35.5. The normalized spacial score (nSPS) is 21.8. The largest absolute Gasteiger partial charge is 0.463 e. The maximum atomic E-state index is 13.8. The van der Waals surface area contributed by atoms with Crippen LogP contribution in [0.25, 0.3) is 11.1 Å². The second-order valence-electron chi connectivity index (χ2n) is 9.55. The molecule has 3 aromatic rings. The van der Waals surface area contributed by atoms with Gasteiger partial charge in [-0.3, -0.25) is 9.59 Å². The average molecular weight is 468 g/mol. The fraction of sp³-hybridized carbons (Fsp3) is 0.462. The Kier molecular flexibility index (Phi) is 5.95. The standard InChI is InChI=1S/C26H30ClN3O3/c1-26(25(32)28-20-6-4-2-3-5-7-20)17-29-21-13-15-33-23(21)16-22(29)24(31)30(26)14-12-18-8-10-19(27)11-9-18/h8-11,13,15-16,20H,2-7,12,14,17H2,1H3,(H,28,32)/t26-/m0/s1. The average Bonchev–Trinajstić information content (AvgIpc) is 3.29. The van der Waals surface area contributed by atoms with Crippen molar-refractivity contribution < 1.29 is 14.0 Å². The first-order valence-electron chi connectivity index (χ1n) is 11.9. The van der Waals surface area contributed by atoms with E-state index >= 15 is 0 Å². The van der Waals surface area contributed by atoms with Crippen molar-refractivity contribution in [3.05, 3.63) is 58.9 Å². The van der Waals surface area contributed by atoms with E-state index < -0.39 is 5.54 Å². The molecule has 1 aliphatic carbocycles. The highest BCUT2D eigenvalue weighted by Gasteiger charge is 2.48. The molecule has 2 amide bonds. The van der Waals surface area contributed by atoms with Crippen molar-refractivity contribution in [1.29, 1.82) is 0 Å². The van der Waals surface area contributed by atoms with E-state index in [0.717, 1.165) is 36.8 Å². The van der Waals surface area contributed by atoms with Gasteiger partial charge in [0.15, 0.2) is 5.58 Å². The van der Waals surface area contributed by atoms with E-state index in [9.17, 15) is 9.59 Å². The van der Waals surface area contributed by atoms with Crippen molar-refractivity contribution in [2.45, 2.75) is 70.0 Å². The van der Waals surface area contributed by atoms with E-state index in [0.29, 0.717) is 35.8 Å². The molecule has 2 aliphatic rings. The smallest absolute Gasteiger partial charge is 0.271 e. The molecule has 0 radical (unpaired) electrons. The molecule has 2 aromatic heterocycles. The summed E-state index contributed by atoms with van der Waals surface area (Å²) in [6, 6.07) is 11.5. The van der Waals surface area contributed by atoms with Gasteiger partial charge in [0.1, 0.15) is 11.2 Å². The maximum absolute atomic E-state index is 13.8. The van der Waals surface area contributed by atoms with Gasteiger partial charge in [0.2, 0.25) is 5.91 Å². The first-order chi connectivity index (χ1) is 16.0. The second kappa shape index (κ2) is 8.90. The molecule has 7 heteroatoms. The molecule has 3 heterocycles.